The van der Waals surface area contributed by atoms with Gasteiger partial charge in [0, 0.05) is 15.9 Å². The third-order valence-electron chi connectivity index (χ3n) is 3.62. The molecule has 20 heavy (non-hydrogen) atoms. The van der Waals surface area contributed by atoms with Gasteiger partial charge in [0.2, 0.25) is 0 Å². The number of benzene rings is 1. The Morgan fingerprint density at radius 1 is 1.00 bits per heavy atom. The minimum Gasteiger partial charge on any atom is -0.294 e. The highest BCUT2D eigenvalue weighted by Gasteiger charge is 2.11. The predicted octanol–water partition coefficient (Wildman–Crippen LogP) is 6.20. The maximum Gasteiger partial charge on any atom is 0.163 e. The number of rotatable bonds is 11. The van der Waals surface area contributed by atoms with E-state index in [1.54, 1.807) is 0 Å². The van der Waals surface area contributed by atoms with Crippen LogP contribution in [0, 0.1) is 0 Å². The lowest BCUT2D eigenvalue weighted by atomic mass is 10.0. The van der Waals surface area contributed by atoms with Crippen LogP contribution in [0.4, 0.5) is 0 Å². The van der Waals surface area contributed by atoms with Gasteiger partial charge in [0.25, 0.3) is 0 Å². The van der Waals surface area contributed by atoms with E-state index < -0.39 is 0 Å². The SMILES string of the molecule is CCCCCCCCCC(I)CC(=O)c1ccccc1. The maximum absolute atomic E-state index is 12.1. The molecule has 0 bridgehead atoms. The molecule has 2 heteroatoms. The number of hydrogen-bond donors (Lipinski definition) is 0. The molecule has 112 valence electrons. The summed E-state index contributed by atoms with van der Waals surface area (Å²) in [6.07, 6.45) is 11.3. The van der Waals surface area contributed by atoms with Gasteiger partial charge in [-0.1, -0.05) is 105 Å². The van der Waals surface area contributed by atoms with E-state index in [2.05, 4.69) is 29.5 Å². The van der Waals surface area contributed by atoms with Crippen LogP contribution in [-0.4, -0.2) is 9.71 Å². The van der Waals surface area contributed by atoms with Crippen LogP contribution >= 0.6 is 22.6 Å². The van der Waals surface area contributed by atoms with E-state index in [4.69, 9.17) is 0 Å². The molecule has 0 radical (unpaired) electrons. The summed E-state index contributed by atoms with van der Waals surface area (Å²) in [6.45, 7) is 2.25. The lowest BCUT2D eigenvalue weighted by Crippen LogP contribution is -2.08. The Hall–Kier alpha value is -0.380. The van der Waals surface area contributed by atoms with E-state index in [9.17, 15) is 4.79 Å². The third-order valence-corrected chi connectivity index (χ3v) is 4.69. The normalized spacial score (nSPS) is 12.3. The fourth-order valence-electron chi connectivity index (χ4n) is 2.37. The summed E-state index contributed by atoms with van der Waals surface area (Å²) in [7, 11) is 0. The van der Waals surface area contributed by atoms with E-state index in [-0.39, 0.29) is 5.78 Å². The van der Waals surface area contributed by atoms with Crippen molar-refractivity contribution in [2.24, 2.45) is 0 Å². The van der Waals surface area contributed by atoms with E-state index in [1.807, 2.05) is 30.3 Å². The Kier molecular flexibility index (Phi) is 9.98. The Morgan fingerprint density at radius 2 is 1.60 bits per heavy atom. The standard InChI is InChI=1S/C18H27IO/c1-2-3-4-5-6-7-11-14-17(19)15-18(20)16-12-9-8-10-13-16/h8-10,12-13,17H,2-7,11,14-15H2,1H3. The summed E-state index contributed by atoms with van der Waals surface area (Å²) in [4.78, 5) is 12.1. The first-order valence-electron chi connectivity index (χ1n) is 7.96. The zero-order chi connectivity index (χ0) is 14.6. The Balaban J connectivity index is 2.08. The summed E-state index contributed by atoms with van der Waals surface area (Å²) >= 11 is 2.44. The third kappa shape index (κ3) is 8.03. The zero-order valence-electron chi connectivity index (χ0n) is 12.6. The number of unbranched alkanes of at least 4 members (excludes halogenated alkanes) is 6. The maximum atomic E-state index is 12.1. The fraction of sp³-hybridized carbons (Fsp3) is 0.611. The van der Waals surface area contributed by atoms with Crippen LogP contribution in [-0.2, 0) is 0 Å². The van der Waals surface area contributed by atoms with Gasteiger partial charge in [0.15, 0.2) is 5.78 Å². The smallest absolute Gasteiger partial charge is 0.163 e. The molecule has 0 aliphatic rings. The molecule has 0 spiro atoms. The lowest BCUT2D eigenvalue weighted by Gasteiger charge is -2.09. The first-order chi connectivity index (χ1) is 9.74. The highest BCUT2D eigenvalue weighted by atomic mass is 127. The highest BCUT2D eigenvalue weighted by molar-refractivity contribution is 14.1. The second-order valence-corrected chi connectivity index (χ2v) is 7.26. The molecular formula is C18H27IO. The highest BCUT2D eigenvalue weighted by Crippen LogP contribution is 2.19. The number of ketones is 1. The number of Topliss-reactive ketones (excluding diaryl/α,β-unsaturated/α-hetero) is 1. The molecule has 0 amide bonds. The molecule has 1 aromatic rings. The second kappa shape index (κ2) is 11.3. The monoisotopic (exact) mass is 386 g/mol. The molecule has 1 nitrogen and oxygen atoms in total. The lowest BCUT2D eigenvalue weighted by molar-refractivity contribution is 0.0982. The van der Waals surface area contributed by atoms with Crippen molar-refractivity contribution in [1.82, 2.24) is 0 Å². The topological polar surface area (TPSA) is 17.1 Å². The van der Waals surface area contributed by atoms with Crippen molar-refractivity contribution in [3.63, 3.8) is 0 Å². The van der Waals surface area contributed by atoms with Crippen molar-refractivity contribution >= 4 is 28.4 Å². The number of hydrogen-bond acceptors (Lipinski definition) is 1. The van der Waals surface area contributed by atoms with Crippen molar-refractivity contribution in [3.8, 4) is 0 Å². The van der Waals surface area contributed by atoms with E-state index in [1.165, 1.54) is 51.4 Å². The van der Waals surface area contributed by atoms with Gasteiger partial charge in [-0.2, -0.15) is 0 Å². The molecule has 0 N–H and O–H groups in total. The van der Waals surface area contributed by atoms with Crippen LogP contribution in [0.1, 0.15) is 75.1 Å². The molecule has 0 saturated heterocycles. The minimum atomic E-state index is 0.285. The quantitative estimate of drug-likeness (QED) is 0.191. The van der Waals surface area contributed by atoms with E-state index in [0.717, 1.165) is 5.56 Å². The van der Waals surface area contributed by atoms with Crippen molar-refractivity contribution in [2.75, 3.05) is 0 Å². The Bertz CT molecular complexity index is 361. The van der Waals surface area contributed by atoms with Crippen LogP contribution < -0.4 is 0 Å². The van der Waals surface area contributed by atoms with Gasteiger partial charge in [-0.3, -0.25) is 4.79 Å². The van der Waals surface area contributed by atoms with Crippen LogP contribution in [0.15, 0.2) is 30.3 Å². The van der Waals surface area contributed by atoms with Gasteiger partial charge in [-0.15, -0.1) is 0 Å². The molecule has 0 fully saturated rings. The molecule has 1 aromatic carbocycles. The number of carbonyl (C=O) groups is 1. The summed E-state index contributed by atoms with van der Waals surface area (Å²) in [5, 5.41) is 0. The summed E-state index contributed by atoms with van der Waals surface area (Å²) in [6, 6.07) is 9.66. The largest absolute Gasteiger partial charge is 0.294 e. The van der Waals surface area contributed by atoms with Crippen molar-refractivity contribution in [2.45, 2.75) is 68.6 Å². The van der Waals surface area contributed by atoms with Crippen LogP contribution in [0.5, 0.6) is 0 Å². The molecular weight excluding hydrogens is 359 g/mol. The van der Waals surface area contributed by atoms with Crippen LogP contribution in [0.2, 0.25) is 0 Å². The van der Waals surface area contributed by atoms with Gasteiger partial charge in [-0.05, 0) is 6.42 Å². The van der Waals surface area contributed by atoms with Crippen LogP contribution in [0.3, 0.4) is 0 Å². The van der Waals surface area contributed by atoms with E-state index >= 15 is 0 Å². The first kappa shape index (κ1) is 17.7. The molecule has 0 aliphatic heterocycles. The van der Waals surface area contributed by atoms with Gasteiger partial charge in [0.05, 0.1) is 0 Å². The van der Waals surface area contributed by atoms with Crippen LogP contribution in [0.25, 0.3) is 0 Å². The first-order valence-corrected chi connectivity index (χ1v) is 9.21. The average Bonchev–Trinajstić information content (AvgIpc) is 2.47. The summed E-state index contributed by atoms with van der Waals surface area (Å²) in [5.41, 5.74) is 0.855. The van der Waals surface area contributed by atoms with Crippen molar-refractivity contribution in [1.29, 1.82) is 0 Å². The average molecular weight is 386 g/mol. The summed E-state index contributed by atoms with van der Waals surface area (Å²) < 4.78 is 0.482. The van der Waals surface area contributed by atoms with Gasteiger partial charge in [-0.25, -0.2) is 0 Å². The van der Waals surface area contributed by atoms with Crippen molar-refractivity contribution in [3.05, 3.63) is 35.9 Å². The molecule has 1 unspecified atom stereocenters. The Morgan fingerprint density at radius 3 is 2.25 bits per heavy atom. The van der Waals surface area contributed by atoms with Gasteiger partial charge in [0.1, 0.15) is 0 Å². The molecule has 1 rings (SSSR count). The minimum absolute atomic E-state index is 0.285. The molecule has 0 aliphatic carbocycles. The van der Waals surface area contributed by atoms with Gasteiger partial charge >= 0.3 is 0 Å². The molecule has 0 aromatic heterocycles. The molecule has 1 atom stereocenters. The summed E-state index contributed by atoms with van der Waals surface area (Å²) in [5.74, 6) is 0.285. The Labute approximate surface area is 137 Å². The van der Waals surface area contributed by atoms with Crippen molar-refractivity contribution < 1.29 is 4.79 Å². The fourth-order valence-corrected chi connectivity index (χ4v) is 3.21. The molecule has 0 heterocycles. The zero-order valence-corrected chi connectivity index (χ0v) is 14.8. The predicted molar refractivity (Wildman–Crippen MR) is 95.8 cm³/mol. The number of alkyl halides is 1. The van der Waals surface area contributed by atoms with Gasteiger partial charge < -0.3 is 0 Å². The number of carbonyl (C=O) groups excluding carboxylic acids is 1. The molecule has 0 saturated carbocycles. The van der Waals surface area contributed by atoms with E-state index in [0.29, 0.717) is 10.3 Å². The number of halogens is 1. The second-order valence-electron chi connectivity index (χ2n) is 5.50.